The van der Waals surface area contributed by atoms with E-state index in [1.54, 1.807) is 12.1 Å². The monoisotopic (exact) mass is 383 g/mol. The summed E-state index contributed by atoms with van der Waals surface area (Å²) in [7, 11) is 0. The molecule has 9 heteroatoms. The molecule has 2 aromatic heterocycles. The van der Waals surface area contributed by atoms with Crippen LogP contribution >= 0.6 is 11.3 Å². The highest BCUT2D eigenvalue weighted by atomic mass is 32.1. The van der Waals surface area contributed by atoms with Crippen molar-refractivity contribution in [3.63, 3.8) is 0 Å². The van der Waals surface area contributed by atoms with Crippen molar-refractivity contribution in [3.8, 4) is 5.75 Å². The number of carbonyl (C=O) groups is 1. The van der Waals surface area contributed by atoms with Gasteiger partial charge in [0.1, 0.15) is 22.0 Å². The van der Waals surface area contributed by atoms with Crippen molar-refractivity contribution < 1.29 is 14.7 Å². The van der Waals surface area contributed by atoms with Crippen LogP contribution in [0.25, 0.3) is 10.2 Å². The van der Waals surface area contributed by atoms with E-state index in [1.165, 1.54) is 11.3 Å². The topological polar surface area (TPSA) is 123 Å². The Morgan fingerprint density at radius 2 is 2.26 bits per heavy atom. The summed E-state index contributed by atoms with van der Waals surface area (Å²) in [5.41, 5.74) is 8.23. The van der Waals surface area contributed by atoms with Crippen LogP contribution < -0.4 is 15.8 Å². The van der Waals surface area contributed by atoms with Gasteiger partial charge in [0.05, 0.1) is 11.5 Å². The zero-order valence-corrected chi connectivity index (χ0v) is 15.3. The predicted octanol–water partition coefficient (Wildman–Crippen LogP) is 2.18. The first-order valence-electron chi connectivity index (χ1n) is 8.44. The molecule has 0 spiro atoms. The second kappa shape index (κ2) is 6.84. The largest absolute Gasteiger partial charge is 0.493 e. The van der Waals surface area contributed by atoms with Crippen molar-refractivity contribution in [2.45, 2.75) is 13.3 Å². The first kappa shape index (κ1) is 17.2. The van der Waals surface area contributed by atoms with Crippen LogP contribution in [0.3, 0.4) is 0 Å². The fraction of sp³-hybridized carbons (Fsp3) is 0.222. The minimum Gasteiger partial charge on any atom is -0.493 e. The Bertz CT molecular complexity index is 1080. The molecule has 3 aromatic rings. The van der Waals surface area contributed by atoms with Crippen LogP contribution in [0.15, 0.2) is 29.4 Å². The van der Waals surface area contributed by atoms with E-state index in [0.29, 0.717) is 39.5 Å². The number of aromatic nitrogens is 2. The zero-order chi connectivity index (χ0) is 19.0. The average Bonchev–Trinajstić information content (AvgIpc) is 3.28. The van der Waals surface area contributed by atoms with E-state index in [0.717, 1.165) is 17.7 Å². The molecule has 1 amide bonds. The maximum Gasteiger partial charge on any atom is 0.261 e. The quantitative estimate of drug-likeness (QED) is 0.360. The van der Waals surface area contributed by atoms with Crippen molar-refractivity contribution in [3.05, 3.63) is 46.0 Å². The number of nitrogens with one attached hydrogen (secondary N) is 1. The number of amides is 1. The maximum atomic E-state index is 12.2. The van der Waals surface area contributed by atoms with Crippen molar-refractivity contribution >= 4 is 39.1 Å². The molecule has 1 aromatic carbocycles. The Labute approximate surface area is 158 Å². The summed E-state index contributed by atoms with van der Waals surface area (Å²) in [6.07, 6.45) is 0.795. The summed E-state index contributed by atoms with van der Waals surface area (Å²) in [5, 5.41) is 16.6. The molecule has 0 saturated carbocycles. The molecule has 0 atom stereocenters. The molecule has 27 heavy (non-hydrogen) atoms. The molecule has 0 saturated heterocycles. The number of rotatable bonds is 4. The molecule has 0 aliphatic carbocycles. The molecular weight excluding hydrogens is 366 g/mol. The second-order valence-corrected chi connectivity index (χ2v) is 7.02. The molecule has 8 nitrogen and oxygen atoms in total. The summed E-state index contributed by atoms with van der Waals surface area (Å²) in [4.78, 5) is 21.7. The van der Waals surface area contributed by atoms with E-state index >= 15 is 0 Å². The van der Waals surface area contributed by atoms with Gasteiger partial charge in [0.15, 0.2) is 0 Å². The lowest BCUT2D eigenvalue weighted by Gasteiger charge is -2.08. The molecular formula is C18H17N5O3S. The summed E-state index contributed by atoms with van der Waals surface area (Å²) in [6.45, 7) is 3.01. The molecule has 1 aliphatic heterocycles. The Morgan fingerprint density at radius 1 is 1.41 bits per heavy atom. The number of oxime groups is 1. The number of thiophene rings is 1. The van der Waals surface area contributed by atoms with Crippen molar-refractivity contribution in [2.24, 2.45) is 5.16 Å². The molecule has 1 aliphatic rings. The van der Waals surface area contributed by atoms with Gasteiger partial charge in [0.25, 0.3) is 5.91 Å². The van der Waals surface area contributed by atoms with Gasteiger partial charge in [-0.15, -0.1) is 11.3 Å². The van der Waals surface area contributed by atoms with E-state index in [-0.39, 0.29) is 17.6 Å². The van der Waals surface area contributed by atoms with Gasteiger partial charge < -0.3 is 21.0 Å². The third-order valence-electron chi connectivity index (χ3n) is 4.26. The SMILES string of the molecule is CCNC(=O)c1cc2c(/C(=N\O)c3ccc4c(c3)CCO4)nc(N)nc2s1. The van der Waals surface area contributed by atoms with Gasteiger partial charge in [-0.05, 0) is 36.8 Å². The number of nitrogen functional groups attached to an aromatic ring is 1. The lowest BCUT2D eigenvalue weighted by molar-refractivity contribution is 0.0960. The molecule has 0 bridgehead atoms. The first-order chi connectivity index (χ1) is 13.1. The van der Waals surface area contributed by atoms with Gasteiger partial charge in [-0.25, -0.2) is 9.97 Å². The van der Waals surface area contributed by atoms with Crippen LogP contribution in [0.4, 0.5) is 5.95 Å². The molecule has 0 fully saturated rings. The number of nitrogens with zero attached hydrogens (tertiary/aromatic N) is 3. The third-order valence-corrected chi connectivity index (χ3v) is 5.29. The lowest BCUT2D eigenvalue weighted by atomic mass is 10.0. The number of hydrogen-bond donors (Lipinski definition) is 3. The van der Waals surface area contributed by atoms with Gasteiger partial charge in [-0.1, -0.05) is 5.16 Å². The van der Waals surface area contributed by atoms with Crippen molar-refractivity contribution in [2.75, 3.05) is 18.9 Å². The number of fused-ring (bicyclic) bond motifs is 2. The predicted molar refractivity (Wildman–Crippen MR) is 103 cm³/mol. The Hall–Kier alpha value is -3.20. The number of anilines is 1. The number of benzene rings is 1. The number of carbonyl (C=O) groups excluding carboxylic acids is 1. The Balaban J connectivity index is 1.85. The summed E-state index contributed by atoms with van der Waals surface area (Å²) in [6, 6.07) is 7.26. The minimum atomic E-state index is -0.192. The lowest BCUT2D eigenvalue weighted by Crippen LogP contribution is -2.21. The molecule has 138 valence electrons. The molecule has 4 N–H and O–H groups in total. The zero-order valence-electron chi connectivity index (χ0n) is 14.5. The van der Waals surface area contributed by atoms with Gasteiger partial charge in [-0.3, -0.25) is 4.79 Å². The van der Waals surface area contributed by atoms with Gasteiger partial charge in [-0.2, -0.15) is 0 Å². The highest BCUT2D eigenvalue weighted by Gasteiger charge is 2.21. The highest BCUT2D eigenvalue weighted by Crippen LogP contribution is 2.31. The summed E-state index contributed by atoms with van der Waals surface area (Å²) in [5.74, 6) is 0.687. The van der Waals surface area contributed by atoms with E-state index < -0.39 is 0 Å². The summed E-state index contributed by atoms with van der Waals surface area (Å²) < 4.78 is 5.52. The Kier molecular flexibility index (Phi) is 4.36. The normalized spacial score (nSPS) is 13.4. The van der Waals surface area contributed by atoms with Crippen molar-refractivity contribution in [1.29, 1.82) is 0 Å². The average molecular weight is 383 g/mol. The summed E-state index contributed by atoms with van der Waals surface area (Å²) >= 11 is 1.22. The number of hydrogen-bond acceptors (Lipinski definition) is 8. The fourth-order valence-corrected chi connectivity index (χ4v) is 4.01. The van der Waals surface area contributed by atoms with E-state index in [9.17, 15) is 10.0 Å². The van der Waals surface area contributed by atoms with E-state index in [2.05, 4.69) is 20.4 Å². The van der Waals surface area contributed by atoms with Crippen LogP contribution in [0.2, 0.25) is 0 Å². The minimum absolute atomic E-state index is 0.0486. The molecule has 3 heterocycles. The van der Waals surface area contributed by atoms with Gasteiger partial charge in [0.2, 0.25) is 5.95 Å². The Morgan fingerprint density at radius 3 is 3.04 bits per heavy atom. The van der Waals surface area contributed by atoms with Crippen LogP contribution in [0.1, 0.15) is 33.4 Å². The van der Waals surface area contributed by atoms with Crippen LogP contribution in [-0.4, -0.2) is 39.9 Å². The smallest absolute Gasteiger partial charge is 0.261 e. The maximum absolute atomic E-state index is 12.2. The third kappa shape index (κ3) is 3.06. The van der Waals surface area contributed by atoms with Crippen LogP contribution in [0.5, 0.6) is 5.75 Å². The first-order valence-corrected chi connectivity index (χ1v) is 9.26. The highest BCUT2D eigenvalue weighted by molar-refractivity contribution is 7.20. The molecule has 0 unspecified atom stereocenters. The standard InChI is InChI=1S/C18H17N5O3S/c1-2-20-16(24)13-8-11-15(21-18(19)22-17(11)27-13)14(23-25)10-3-4-12-9(7-10)5-6-26-12/h3-4,7-8,25H,2,5-6H2,1H3,(H,20,24)(H2,19,21,22)/b23-14-. The number of ether oxygens (including phenoxy) is 1. The molecule has 4 rings (SSSR count). The van der Waals surface area contributed by atoms with E-state index in [1.807, 2.05) is 19.1 Å². The van der Waals surface area contributed by atoms with Gasteiger partial charge >= 0.3 is 0 Å². The van der Waals surface area contributed by atoms with Crippen LogP contribution in [-0.2, 0) is 6.42 Å². The van der Waals surface area contributed by atoms with Crippen molar-refractivity contribution in [1.82, 2.24) is 15.3 Å². The molecule has 0 radical (unpaired) electrons. The van der Waals surface area contributed by atoms with Crippen LogP contribution in [0, 0.1) is 0 Å². The fourth-order valence-electron chi connectivity index (χ4n) is 3.05. The van der Waals surface area contributed by atoms with Gasteiger partial charge in [0, 0.05) is 23.9 Å². The second-order valence-electron chi connectivity index (χ2n) is 5.99. The number of nitrogens with two attached hydrogens (primary N) is 1. The van der Waals surface area contributed by atoms with E-state index in [4.69, 9.17) is 10.5 Å².